The molecule has 1 aromatic carbocycles. The number of pyridine rings is 1. The summed E-state index contributed by atoms with van der Waals surface area (Å²) in [6.45, 7) is 0.516. The Bertz CT molecular complexity index is 708. The summed E-state index contributed by atoms with van der Waals surface area (Å²) in [5.41, 5.74) is 0.980. The molecule has 0 atom stereocenters. The van der Waals surface area contributed by atoms with Gasteiger partial charge in [0.25, 0.3) is 0 Å². The molecule has 0 saturated heterocycles. The van der Waals surface area contributed by atoms with Gasteiger partial charge in [-0.2, -0.15) is 0 Å². The van der Waals surface area contributed by atoms with Crippen molar-refractivity contribution in [2.45, 2.75) is 6.42 Å². The second-order valence-electron chi connectivity index (χ2n) is 4.23. The number of aromatic nitrogens is 1. The lowest BCUT2D eigenvalue weighted by Gasteiger charge is -1.97. The van der Waals surface area contributed by atoms with Gasteiger partial charge in [-0.25, -0.2) is 9.59 Å². The number of hydrogen-bond donors (Lipinski definition) is 2. The van der Waals surface area contributed by atoms with Gasteiger partial charge in [0.05, 0.1) is 17.7 Å². The number of rotatable bonds is 2. The molecule has 0 amide bonds. The van der Waals surface area contributed by atoms with Crippen LogP contribution >= 0.6 is 0 Å². The van der Waals surface area contributed by atoms with Gasteiger partial charge in [-0.05, 0) is 24.3 Å². The fourth-order valence-corrected chi connectivity index (χ4v) is 1.77. The van der Waals surface area contributed by atoms with Crippen LogP contribution in [-0.2, 0) is 9.53 Å². The number of aliphatic carboxylic acids is 1. The first-order valence-electron chi connectivity index (χ1n) is 6.22. The molecular formula is C15H13NO5. The molecule has 0 bridgehead atoms. The van der Waals surface area contributed by atoms with E-state index in [9.17, 15) is 9.59 Å². The van der Waals surface area contributed by atoms with Gasteiger partial charge in [-0.3, -0.25) is 4.98 Å². The number of benzene rings is 1. The highest BCUT2D eigenvalue weighted by molar-refractivity contribution is 5.92. The summed E-state index contributed by atoms with van der Waals surface area (Å²) in [7, 11) is 0. The van der Waals surface area contributed by atoms with Gasteiger partial charge in [0.2, 0.25) is 5.76 Å². The molecule has 0 unspecified atom stereocenters. The number of nitrogens with zero attached hydrogens (tertiary/aromatic N) is 1. The Hall–Kier alpha value is -2.89. The van der Waals surface area contributed by atoms with Crippen LogP contribution in [0.2, 0.25) is 0 Å². The van der Waals surface area contributed by atoms with Gasteiger partial charge in [-0.15, -0.1) is 0 Å². The molecule has 21 heavy (non-hydrogen) atoms. The van der Waals surface area contributed by atoms with Crippen molar-refractivity contribution in [1.82, 2.24) is 4.98 Å². The zero-order valence-electron chi connectivity index (χ0n) is 11.0. The quantitative estimate of drug-likeness (QED) is 0.879. The molecule has 1 aromatic heterocycles. The molecule has 1 aliphatic rings. The van der Waals surface area contributed by atoms with Crippen molar-refractivity contribution in [3.63, 3.8) is 0 Å². The standard InChI is InChI=1S/C10H7NO2.C5H6O3/c12-10(13)8-4-3-7-2-1-5-11-9(7)6-8;6-5(7)4-2-1-3-8-4/h1-6H,(H,12,13);2H,1,3H2,(H,6,7). The maximum atomic E-state index is 10.6. The second-order valence-corrected chi connectivity index (χ2v) is 4.23. The van der Waals surface area contributed by atoms with Crippen molar-refractivity contribution < 1.29 is 24.5 Å². The summed E-state index contributed by atoms with van der Waals surface area (Å²) >= 11 is 0. The third-order valence-corrected chi connectivity index (χ3v) is 2.77. The van der Waals surface area contributed by atoms with Crippen LogP contribution in [0.1, 0.15) is 16.8 Å². The number of hydrogen-bond acceptors (Lipinski definition) is 4. The molecule has 6 heteroatoms. The van der Waals surface area contributed by atoms with E-state index in [4.69, 9.17) is 10.2 Å². The molecule has 0 saturated carbocycles. The van der Waals surface area contributed by atoms with Crippen molar-refractivity contribution in [2.24, 2.45) is 0 Å². The van der Waals surface area contributed by atoms with Crippen molar-refractivity contribution in [1.29, 1.82) is 0 Å². The van der Waals surface area contributed by atoms with Gasteiger partial charge in [-0.1, -0.05) is 12.1 Å². The Morgan fingerprint density at radius 2 is 1.95 bits per heavy atom. The lowest BCUT2D eigenvalue weighted by Crippen LogP contribution is -1.99. The molecule has 0 aliphatic carbocycles. The first-order chi connectivity index (χ1) is 10.1. The molecule has 3 rings (SSSR count). The highest BCUT2D eigenvalue weighted by atomic mass is 16.5. The molecule has 0 radical (unpaired) electrons. The monoisotopic (exact) mass is 287 g/mol. The maximum Gasteiger partial charge on any atom is 0.370 e. The first kappa shape index (κ1) is 14.5. The van der Waals surface area contributed by atoms with Gasteiger partial charge in [0, 0.05) is 18.0 Å². The maximum absolute atomic E-state index is 10.6. The summed E-state index contributed by atoms with van der Waals surface area (Å²) in [4.78, 5) is 24.7. The number of aromatic carboxylic acids is 1. The van der Waals surface area contributed by atoms with Gasteiger partial charge in [0.1, 0.15) is 0 Å². The Balaban J connectivity index is 0.000000173. The average molecular weight is 287 g/mol. The number of ether oxygens (including phenoxy) is 1. The smallest absolute Gasteiger partial charge is 0.370 e. The van der Waals surface area contributed by atoms with E-state index in [1.54, 1.807) is 30.5 Å². The highest BCUT2D eigenvalue weighted by Gasteiger charge is 2.11. The van der Waals surface area contributed by atoms with E-state index in [2.05, 4.69) is 9.72 Å². The molecule has 2 heterocycles. The lowest BCUT2D eigenvalue weighted by atomic mass is 10.1. The Labute approximate surface area is 120 Å². The zero-order valence-corrected chi connectivity index (χ0v) is 11.0. The van der Waals surface area contributed by atoms with Crippen molar-refractivity contribution in [2.75, 3.05) is 6.61 Å². The number of carboxylic acid groups (broad SMARTS) is 2. The van der Waals surface area contributed by atoms with E-state index in [1.165, 1.54) is 0 Å². The predicted octanol–water partition coefficient (Wildman–Crippen LogP) is 2.31. The molecule has 2 aromatic rings. The van der Waals surface area contributed by atoms with Gasteiger partial charge < -0.3 is 14.9 Å². The summed E-state index contributed by atoms with van der Waals surface area (Å²) in [6, 6.07) is 8.62. The molecule has 6 nitrogen and oxygen atoms in total. The number of carboxylic acids is 2. The highest BCUT2D eigenvalue weighted by Crippen LogP contribution is 2.12. The van der Waals surface area contributed by atoms with Crippen molar-refractivity contribution >= 4 is 22.8 Å². The van der Waals surface area contributed by atoms with Crippen molar-refractivity contribution in [3.05, 3.63) is 53.9 Å². The lowest BCUT2D eigenvalue weighted by molar-refractivity contribution is -0.136. The Morgan fingerprint density at radius 1 is 1.14 bits per heavy atom. The fraction of sp³-hybridized carbons (Fsp3) is 0.133. The van der Waals surface area contributed by atoms with Crippen LogP contribution in [-0.4, -0.2) is 33.7 Å². The van der Waals surface area contributed by atoms with Crippen LogP contribution in [0.3, 0.4) is 0 Å². The summed E-state index contributed by atoms with van der Waals surface area (Å²) in [5.74, 6) is -1.81. The van der Waals surface area contributed by atoms with Gasteiger partial charge in [0.15, 0.2) is 0 Å². The van der Waals surface area contributed by atoms with E-state index in [0.717, 1.165) is 11.8 Å². The topological polar surface area (TPSA) is 96.7 Å². The largest absolute Gasteiger partial charge is 0.486 e. The SMILES string of the molecule is O=C(O)C1=CCCO1.O=C(O)c1ccc2cccnc2c1. The molecule has 0 fully saturated rings. The Morgan fingerprint density at radius 3 is 2.52 bits per heavy atom. The predicted molar refractivity (Wildman–Crippen MR) is 75.0 cm³/mol. The third-order valence-electron chi connectivity index (χ3n) is 2.77. The Kier molecular flexibility index (Phi) is 4.50. The van der Waals surface area contributed by atoms with Crippen LogP contribution in [0.15, 0.2) is 48.4 Å². The minimum absolute atomic E-state index is 0.0880. The number of carbonyl (C=O) groups is 2. The van der Waals surface area contributed by atoms with Crippen LogP contribution in [0.5, 0.6) is 0 Å². The first-order valence-corrected chi connectivity index (χ1v) is 6.22. The van der Waals surface area contributed by atoms with Crippen LogP contribution in [0.4, 0.5) is 0 Å². The summed E-state index contributed by atoms with van der Waals surface area (Å²) in [5, 5.41) is 17.9. The van der Waals surface area contributed by atoms with E-state index < -0.39 is 11.9 Å². The van der Waals surface area contributed by atoms with Gasteiger partial charge >= 0.3 is 11.9 Å². The summed E-state index contributed by atoms with van der Waals surface area (Å²) < 4.78 is 4.68. The van der Waals surface area contributed by atoms with Crippen LogP contribution in [0, 0.1) is 0 Å². The van der Waals surface area contributed by atoms with E-state index in [-0.39, 0.29) is 11.3 Å². The van der Waals surface area contributed by atoms with Crippen molar-refractivity contribution in [3.8, 4) is 0 Å². The van der Waals surface area contributed by atoms with Crippen LogP contribution < -0.4 is 0 Å². The molecule has 1 aliphatic heterocycles. The molecular weight excluding hydrogens is 274 g/mol. The van der Waals surface area contributed by atoms with E-state index >= 15 is 0 Å². The summed E-state index contributed by atoms with van der Waals surface area (Å²) in [6.07, 6.45) is 3.94. The second kappa shape index (κ2) is 6.51. The average Bonchev–Trinajstić information content (AvgIpc) is 3.02. The number of fused-ring (bicyclic) bond motifs is 1. The molecule has 2 N–H and O–H groups in total. The minimum Gasteiger partial charge on any atom is -0.486 e. The minimum atomic E-state index is -0.970. The van der Waals surface area contributed by atoms with Crippen LogP contribution in [0.25, 0.3) is 10.9 Å². The zero-order chi connectivity index (χ0) is 15.2. The fourth-order valence-electron chi connectivity index (χ4n) is 1.77. The normalized spacial score (nSPS) is 12.9. The molecule has 108 valence electrons. The van der Waals surface area contributed by atoms with E-state index in [0.29, 0.717) is 12.1 Å². The van der Waals surface area contributed by atoms with E-state index in [1.807, 2.05) is 12.1 Å². The molecule has 0 spiro atoms. The third kappa shape index (κ3) is 3.79.